The minimum Gasteiger partial charge on any atom is -0.387 e. The van der Waals surface area contributed by atoms with Gasteiger partial charge in [0.2, 0.25) is 0 Å². The molecule has 2 aliphatic heterocycles. The van der Waals surface area contributed by atoms with Gasteiger partial charge < -0.3 is 29.5 Å². The molecule has 0 unspecified atom stereocenters. The summed E-state index contributed by atoms with van der Waals surface area (Å²) in [4.78, 5) is 0. The van der Waals surface area contributed by atoms with E-state index in [-0.39, 0.29) is 6.61 Å². The fourth-order valence-corrected chi connectivity index (χ4v) is 3.23. The highest BCUT2D eigenvalue weighted by atomic mass is 16.8. The summed E-state index contributed by atoms with van der Waals surface area (Å²) in [5.41, 5.74) is 1.71. The van der Waals surface area contributed by atoms with Gasteiger partial charge in [-0.05, 0) is 11.1 Å². The van der Waals surface area contributed by atoms with Crippen LogP contribution in [-0.2, 0) is 14.2 Å². The van der Waals surface area contributed by atoms with Gasteiger partial charge in [-0.15, -0.1) is 0 Å². The molecule has 7 atom stereocenters. The van der Waals surface area contributed by atoms with E-state index in [1.807, 2.05) is 30.3 Å². The monoisotopic (exact) mass is 306 g/mol. The normalized spacial score (nSPS) is 43.1. The van der Waals surface area contributed by atoms with Crippen LogP contribution in [0.4, 0.5) is 0 Å². The third kappa shape index (κ3) is 2.20. The first kappa shape index (κ1) is 14.3. The maximum absolute atomic E-state index is 10.5. The van der Waals surface area contributed by atoms with Crippen molar-refractivity contribution >= 4 is 6.08 Å². The highest BCUT2D eigenvalue weighted by Gasteiger charge is 2.51. The number of aliphatic hydroxyl groups excluding tert-OH is 3. The van der Waals surface area contributed by atoms with Gasteiger partial charge in [-0.1, -0.05) is 36.4 Å². The number of hydrogen-bond donors (Lipinski definition) is 3. The van der Waals surface area contributed by atoms with Gasteiger partial charge in [-0.2, -0.15) is 0 Å². The Morgan fingerprint density at radius 3 is 2.77 bits per heavy atom. The lowest BCUT2D eigenvalue weighted by Gasteiger charge is -2.38. The van der Waals surface area contributed by atoms with Crippen LogP contribution in [0.15, 0.2) is 30.3 Å². The van der Waals surface area contributed by atoms with Crippen LogP contribution in [0.5, 0.6) is 0 Å². The molecule has 2 saturated heterocycles. The molecular weight excluding hydrogens is 288 g/mol. The lowest BCUT2D eigenvalue weighted by molar-refractivity contribution is -0.256. The SMILES string of the molecule is O[C@H]1[C@H](O)[C@H]2CO[C@H](O2)[C@H]1O[C@H]1C=Cc2ccccc2[C@@H]1O. The summed E-state index contributed by atoms with van der Waals surface area (Å²) in [6.07, 6.45) is -2.11. The van der Waals surface area contributed by atoms with E-state index in [0.29, 0.717) is 0 Å². The van der Waals surface area contributed by atoms with Crippen molar-refractivity contribution in [1.82, 2.24) is 0 Å². The van der Waals surface area contributed by atoms with Crippen molar-refractivity contribution in [2.45, 2.75) is 42.9 Å². The number of ether oxygens (including phenoxy) is 3. The molecule has 1 aromatic carbocycles. The average molecular weight is 306 g/mol. The van der Waals surface area contributed by atoms with Crippen LogP contribution in [-0.4, -0.2) is 58.7 Å². The van der Waals surface area contributed by atoms with Gasteiger partial charge in [0.05, 0.1) is 6.61 Å². The molecule has 0 radical (unpaired) electrons. The molecule has 2 bridgehead atoms. The maximum Gasteiger partial charge on any atom is 0.187 e. The lowest BCUT2D eigenvalue weighted by atomic mass is 9.92. The zero-order valence-electron chi connectivity index (χ0n) is 11.8. The second-order valence-corrected chi connectivity index (χ2v) is 5.86. The van der Waals surface area contributed by atoms with E-state index in [0.717, 1.165) is 11.1 Å². The lowest BCUT2D eigenvalue weighted by Crippen LogP contribution is -2.56. The Morgan fingerprint density at radius 2 is 1.91 bits per heavy atom. The third-order valence-electron chi connectivity index (χ3n) is 4.47. The van der Waals surface area contributed by atoms with Crippen molar-refractivity contribution in [3.8, 4) is 0 Å². The zero-order chi connectivity index (χ0) is 15.3. The van der Waals surface area contributed by atoms with Gasteiger partial charge >= 0.3 is 0 Å². The maximum atomic E-state index is 10.5. The van der Waals surface area contributed by atoms with E-state index < -0.39 is 42.9 Å². The van der Waals surface area contributed by atoms with Gasteiger partial charge in [0.15, 0.2) is 6.29 Å². The van der Waals surface area contributed by atoms with Crippen LogP contribution in [0, 0.1) is 0 Å². The van der Waals surface area contributed by atoms with Crippen LogP contribution in [0.3, 0.4) is 0 Å². The average Bonchev–Trinajstić information content (AvgIpc) is 2.99. The summed E-state index contributed by atoms with van der Waals surface area (Å²) < 4.78 is 16.7. The summed E-state index contributed by atoms with van der Waals surface area (Å²) in [5, 5.41) is 30.6. The molecule has 3 N–H and O–H groups in total. The molecule has 1 aliphatic carbocycles. The quantitative estimate of drug-likeness (QED) is 0.711. The second kappa shape index (κ2) is 5.42. The second-order valence-electron chi connectivity index (χ2n) is 5.86. The summed E-state index contributed by atoms with van der Waals surface area (Å²) in [5.74, 6) is 0. The van der Waals surface area contributed by atoms with Gasteiger partial charge in [0.25, 0.3) is 0 Å². The zero-order valence-corrected chi connectivity index (χ0v) is 11.8. The smallest absolute Gasteiger partial charge is 0.187 e. The molecule has 0 aromatic heterocycles. The van der Waals surface area contributed by atoms with Gasteiger partial charge in [-0.25, -0.2) is 0 Å². The molecule has 4 rings (SSSR count). The summed E-state index contributed by atoms with van der Waals surface area (Å²) in [7, 11) is 0. The molecule has 22 heavy (non-hydrogen) atoms. The molecule has 0 amide bonds. The largest absolute Gasteiger partial charge is 0.387 e. The predicted molar refractivity (Wildman–Crippen MR) is 75.7 cm³/mol. The molecule has 2 fully saturated rings. The van der Waals surface area contributed by atoms with Crippen molar-refractivity contribution in [1.29, 1.82) is 0 Å². The van der Waals surface area contributed by atoms with Crippen LogP contribution in [0.2, 0.25) is 0 Å². The van der Waals surface area contributed by atoms with Crippen molar-refractivity contribution in [2.24, 2.45) is 0 Å². The summed E-state index contributed by atoms with van der Waals surface area (Å²) in [6.45, 7) is 0.231. The van der Waals surface area contributed by atoms with Crippen LogP contribution < -0.4 is 0 Å². The molecule has 1 aromatic rings. The van der Waals surface area contributed by atoms with E-state index in [4.69, 9.17) is 14.2 Å². The first-order valence-electron chi connectivity index (χ1n) is 7.39. The Bertz CT molecular complexity index is 588. The Labute approximate surface area is 127 Å². The van der Waals surface area contributed by atoms with E-state index in [9.17, 15) is 15.3 Å². The minimum absolute atomic E-state index is 0.231. The van der Waals surface area contributed by atoms with Crippen LogP contribution >= 0.6 is 0 Å². The molecule has 6 heteroatoms. The molecule has 2 heterocycles. The summed E-state index contributed by atoms with van der Waals surface area (Å²) >= 11 is 0. The van der Waals surface area contributed by atoms with Crippen molar-refractivity contribution in [3.05, 3.63) is 41.5 Å². The van der Waals surface area contributed by atoms with Gasteiger partial charge in [0.1, 0.15) is 36.6 Å². The predicted octanol–water partition coefficient (Wildman–Crippen LogP) is -0.0225. The van der Waals surface area contributed by atoms with E-state index in [1.54, 1.807) is 6.08 Å². The minimum atomic E-state index is -1.11. The number of rotatable bonds is 2. The van der Waals surface area contributed by atoms with Crippen molar-refractivity contribution in [2.75, 3.05) is 6.61 Å². The highest BCUT2D eigenvalue weighted by molar-refractivity contribution is 5.58. The van der Waals surface area contributed by atoms with Crippen molar-refractivity contribution < 1.29 is 29.5 Å². The van der Waals surface area contributed by atoms with E-state index >= 15 is 0 Å². The summed E-state index contributed by atoms with van der Waals surface area (Å²) in [6, 6.07) is 7.51. The highest BCUT2D eigenvalue weighted by Crippen LogP contribution is 2.35. The fraction of sp³-hybridized carbons (Fsp3) is 0.500. The number of hydrogen-bond acceptors (Lipinski definition) is 6. The molecule has 0 spiro atoms. The van der Waals surface area contributed by atoms with Crippen LogP contribution in [0.1, 0.15) is 17.2 Å². The van der Waals surface area contributed by atoms with Crippen molar-refractivity contribution in [3.63, 3.8) is 0 Å². The molecule has 3 aliphatic rings. The number of benzene rings is 1. The number of aliphatic hydroxyl groups is 3. The van der Waals surface area contributed by atoms with E-state index in [2.05, 4.69) is 0 Å². The Kier molecular flexibility index (Phi) is 3.53. The molecule has 118 valence electrons. The van der Waals surface area contributed by atoms with Gasteiger partial charge in [-0.3, -0.25) is 0 Å². The number of fused-ring (bicyclic) bond motifs is 3. The first-order valence-corrected chi connectivity index (χ1v) is 7.39. The first-order chi connectivity index (χ1) is 10.6. The molecular formula is C16H18O6. The molecule has 0 saturated carbocycles. The Hall–Kier alpha value is -1.28. The standard InChI is InChI=1S/C16H18O6/c17-12-9-4-2-1-3-8(9)5-6-10(12)21-15-14(19)13(18)11-7-20-16(15)22-11/h1-6,10-19H,7H2/t10-,11+,12-,13+,14-,15-,16+/m0/s1. The third-order valence-corrected chi connectivity index (χ3v) is 4.47. The molecule has 6 nitrogen and oxygen atoms in total. The Balaban J connectivity index is 1.54. The Morgan fingerprint density at radius 1 is 1.09 bits per heavy atom. The fourth-order valence-electron chi connectivity index (χ4n) is 3.23. The van der Waals surface area contributed by atoms with Gasteiger partial charge in [0, 0.05) is 0 Å². The van der Waals surface area contributed by atoms with E-state index in [1.165, 1.54) is 0 Å². The van der Waals surface area contributed by atoms with Crippen LogP contribution in [0.25, 0.3) is 6.08 Å². The topological polar surface area (TPSA) is 88.4 Å².